The van der Waals surface area contributed by atoms with Crippen molar-refractivity contribution in [1.29, 1.82) is 0 Å². The van der Waals surface area contributed by atoms with Crippen LogP contribution in [0.5, 0.6) is 5.75 Å². The van der Waals surface area contributed by atoms with Gasteiger partial charge in [-0.2, -0.15) is 12.8 Å². The van der Waals surface area contributed by atoms with E-state index in [0.717, 1.165) is 22.0 Å². The van der Waals surface area contributed by atoms with Gasteiger partial charge in [-0.1, -0.05) is 53.6 Å². The summed E-state index contributed by atoms with van der Waals surface area (Å²) in [5.41, 5.74) is 4.56. The number of para-hydroxylation sites is 1. The van der Waals surface area contributed by atoms with Crippen molar-refractivity contribution in [2.75, 3.05) is 0 Å². The van der Waals surface area contributed by atoms with Gasteiger partial charge in [0.25, 0.3) is 10.0 Å². The molecule has 1 aliphatic heterocycles. The summed E-state index contributed by atoms with van der Waals surface area (Å²) in [4.78, 5) is 13.9. The number of carbonyl (C=O) groups is 1. The lowest BCUT2D eigenvalue weighted by molar-refractivity contribution is -0.113. The summed E-state index contributed by atoms with van der Waals surface area (Å²) in [6, 6.07) is 19.6. The molecule has 0 fully saturated rings. The van der Waals surface area contributed by atoms with Crippen LogP contribution in [0.1, 0.15) is 16.8 Å². The average molecular weight is 524 g/mol. The average Bonchev–Trinajstić information content (AvgIpc) is 3.29. The van der Waals surface area contributed by atoms with Crippen LogP contribution in [0.15, 0.2) is 88.7 Å². The fraction of sp³-hybridized carbons (Fsp3) is 0.133. The number of aryl methyl sites for hydroxylation is 2. The Morgan fingerprint density at radius 3 is 2.39 bits per heavy atom. The lowest BCUT2D eigenvalue weighted by Gasteiger charge is -2.11. The molecule has 0 aliphatic carbocycles. The molecule has 0 atom stereocenters. The fourth-order valence-corrected chi connectivity index (χ4v) is 6.32. The molecule has 38 heavy (non-hydrogen) atoms. The third-order valence-corrected chi connectivity index (χ3v) is 8.32. The van der Waals surface area contributed by atoms with Crippen molar-refractivity contribution < 1.29 is 18.3 Å². The molecule has 1 aliphatic rings. The van der Waals surface area contributed by atoms with E-state index in [1.54, 1.807) is 22.8 Å². The molecule has 0 unspecified atom stereocenters. The van der Waals surface area contributed by atoms with E-state index in [1.807, 2.05) is 60.9 Å². The Morgan fingerprint density at radius 2 is 1.66 bits per heavy atom. The number of hydrogen-bond acceptors (Lipinski definition) is 4. The monoisotopic (exact) mass is 523 g/mol. The Labute approximate surface area is 220 Å². The van der Waals surface area contributed by atoms with Gasteiger partial charge in [0.1, 0.15) is 11.5 Å². The van der Waals surface area contributed by atoms with Crippen LogP contribution >= 0.6 is 0 Å². The second kappa shape index (κ2) is 8.56. The highest BCUT2D eigenvalue weighted by molar-refractivity contribution is 7.90. The lowest BCUT2D eigenvalue weighted by Crippen LogP contribution is -2.23. The van der Waals surface area contributed by atoms with E-state index in [4.69, 9.17) is 0 Å². The molecular weight excluding hydrogens is 498 g/mol. The Kier molecular flexibility index (Phi) is 5.39. The van der Waals surface area contributed by atoms with Gasteiger partial charge in [0.2, 0.25) is 5.78 Å². The first-order valence-electron chi connectivity index (χ1n) is 12.2. The summed E-state index contributed by atoms with van der Waals surface area (Å²) in [7, 11) is -4.21. The van der Waals surface area contributed by atoms with E-state index >= 15 is 0 Å². The third kappa shape index (κ3) is 3.52. The van der Waals surface area contributed by atoms with Crippen molar-refractivity contribution in [2.24, 2.45) is 4.40 Å². The van der Waals surface area contributed by atoms with Crippen LogP contribution in [0.3, 0.4) is 0 Å². The van der Waals surface area contributed by atoms with Crippen molar-refractivity contribution >= 4 is 43.3 Å². The van der Waals surface area contributed by atoms with Gasteiger partial charge < -0.3 is 14.2 Å². The van der Waals surface area contributed by atoms with Gasteiger partial charge in [0, 0.05) is 28.4 Å². The maximum Gasteiger partial charge on any atom is 0.283 e. The predicted octanol–water partition coefficient (Wildman–Crippen LogP) is 5.53. The molecule has 0 saturated carbocycles. The Balaban J connectivity index is 1.75. The van der Waals surface area contributed by atoms with Crippen LogP contribution in [0, 0.1) is 13.8 Å². The third-order valence-electron chi connectivity index (χ3n) is 7.03. The minimum atomic E-state index is -4.21. The summed E-state index contributed by atoms with van der Waals surface area (Å²) in [5.74, 6) is -0.423. The van der Waals surface area contributed by atoms with Crippen LogP contribution in [0.4, 0.5) is 0 Å². The van der Waals surface area contributed by atoms with E-state index < -0.39 is 15.8 Å². The highest BCUT2D eigenvalue weighted by atomic mass is 32.2. The maximum atomic E-state index is 13.9. The number of rotatable bonds is 4. The first kappa shape index (κ1) is 23.9. The van der Waals surface area contributed by atoms with Gasteiger partial charge in [-0.15, -0.1) is 6.58 Å². The second-order valence-electron chi connectivity index (χ2n) is 9.60. The number of benzene rings is 3. The van der Waals surface area contributed by atoms with Crippen molar-refractivity contribution in [3.8, 4) is 17.0 Å². The summed E-state index contributed by atoms with van der Waals surface area (Å²) in [5, 5.41) is 12.9. The second-order valence-corrected chi connectivity index (χ2v) is 11.2. The number of ketones is 1. The molecule has 0 radical (unpaired) electrons. The highest BCUT2D eigenvalue weighted by Crippen LogP contribution is 2.46. The number of nitrogens with zero attached hydrogens (tertiary/aromatic N) is 3. The molecule has 0 spiro atoms. The van der Waals surface area contributed by atoms with E-state index in [-0.39, 0.29) is 22.9 Å². The Bertz CT molecular complexity index is 1940. The number of sulfonamides is 1. The normalized spacial score (nSPS) is 14.6. The highest BCUT2D eigenvalue weighted by Gasteiger charge is 2.36. The summed E-state index contributed by atoms with van der Waals surface area (Å²) < 4.78 is 34.7. The van der Waals surface area contributed by atoms with Crippen LogP contribution in [0.25, 0.3) is 33.1 Å². The topological polar surface area (TPSA) is 93.7 Å². The van der Waals surface area contributed by atoms with Crippen LogP contribution in [-0.2, 0) is 27.9 Å². The van der Waals surface area contributed by atoms with Crippen LogP contribution < -0.4 is 0 Å². The minimum absolute atomic E-state index is 0.00367. The van der Waals surface area contributed by atoms with Gasteiger partial charge in [-0.25, -0.2) is 0 Å². The number of aromatic nitrogens is 2. The molecule has 8 heteroatoms. The van der Waals surface area contributed by atoms with Gasteiger partial charge in [-0.05, 0) is 44.2 Å². The zero-order valence-electron chi connectivity index (χ0n) is 21.0. The lowest BCUT2D eigenvalue weighted by atomic mass is 10.0. The molecule has 0 amide bonds. The SMILES string of the molecule is C=CCn1c2c(c3ccccc31)-c1c(O)c3cc(C)ccc3n1CC(=O)/C2=N\S(=O)(=O)c1ccc(C)cc1. The van der Waals surface area contributed by atoms with Crippen molar-refractivity contribution in [3.63, 3.8) is 0 Å². The standard InChI is InChI=1S/C30H25N3O4S/c1-4-15-32-23-8-6-5-7-21(23)26-28(32)27(31-38(36,37)20-12-9-18(2)10-13-20)25(34)17-33-24-14-11-19(3)16-22(24)30(35)29(26)33/h4-14,16,35H,1,15,17H2,2-3H3/b31-27+. The van der Waals surface area contributed by atoms with E-state index in [2.05, 4.69) is 11.0 Å². The van der Waals surface area contributed by atoms with Crippen LogP contribution in [-0.4, -0.2) is 34.2 Å². The number of aromatic hydroxyl groups is 1. The number of carbonyl (C=O) groups excluding carboxylic acids is 1. The Morgan fingerprint density at radius 1 is 0.947 bits per heavy atom. The minimum Gasteiger partial charge on any atom is -0.505 e. The number of allylic oxidation sites excluding steroid dienone is 1. The molecule has 0 bridgehead atoms. The quantitative estimate of drug-likeness (QED) is 0.313. The molecule has 1 N–H and O–H groups in total. The first-order chi connectivity index (χ1) is 18.2. The first-order valence-corrected chi connectivity index (χ1v) is 13.6. The zero-order valence-corrected chi connectivity index (χ0v) is 21.8. The molecule has 3 aromatic carbocycles. The summed E-state index contributed by atoms with van der Waals surface area (Å²) >= 11 is 0. The zero-order chi connectivity index (χ0) is 26.8. The predicted molar refractivity (Wildman–Crippen MR) is 149 cm³/mol. The van der Waals surface area contributed by atoms with E-state index in [1.165, 1.54) is 12.1 Å². The number of fused-ring (bicyclic) bond motifs is 7. The molecule has 190 valence electrons. The van der Waals surface area contributed by atoms with Crippen LogP contribution in [0.2, 0.25) is 0 Å². The maximum absolute atomic E-state index is 13.9. The molecule has 6 rings (SSSR count). The van der Waals surface area contributed by atoms with Gasteiger partial charge in [0.15, 0.2) is 0 Å². The van der Waals surface area contributed by atoms with Crippen molar-refractivity contribution in [3.05, 3.63) is 96.2 Å². The van der Waals surface area contributed by atoms with E-state index in [9.17, 15) is 18.3 Å². The van der Waals surface area contributed by atoms with Gasteiger partial charge in [-0.3, -0.25) is 4.79 Å². The number of hydrogen-bond donors (Lipinski definition) is 1. The fourth-order valence-electron chi connectivity index (χ4n) is 5.30. The summed E-state index contributed by atoms with van der Waals surface area (Å²) in [6.07, 6.45) is 1.69. The molecule has 5 aromatic rings. The van der Waals surface area contributed by atoms with Crippen molar-refractivity contribution in [1.82, 2.24) is 9.13 Å². The number of Topliss-reactive ketones (excluding diaryl/α,β-unsaturated/α-hetero) is 1. The molecule has 0 saturated heterocycles. The summed E-state index contributed by atoms with van der Waals surface area (Å²) in [6.45, 7) is 7.82. The van der Waals surface area contributed by atoms with E-state index in [0.29, 0.717) is 34.4 Å². The molecule has 7 nitrogen and oxygen atoms in total. The van der Waals surface area contributed by atoms with Crippen molar-refractivity contribution in [2.45, 2.75) is 31.8 Å². The largest absolute Gasteiger partial charge is 0.505 e. The smallest absolute Gasteiger partial charge is 0.283 e. The molecular formula is C30H25N3O4S. The van der Waals surface area contributed by atoms with Gasteiger partial charge in [0.05, 0.1) is 28.3 Å². The molecule has 3 heterocycles. The Hall–Kier alpha value is -4.43. The van der Waals surface area contributed by atoms with Gasteiger partial charge >= 0.3 is 0 Å². The molecule has 2 aromatic heterocycles.